The lowest BCUT2D eigenvalue weighted by Gasteiger charge is -2.33. The van der Waals surface area contributed by atoms with E-state index in [2.05, 4.69) is 35.2 Å². The summed E-state index contributed by atoms with van der Waals surface area (Å²) >= 11 is 5.66. The first-order valence-corrected chi connectivity index (χ1v) is 9.99. The fourth-order valence-corrected chi connectivity index (χ4v) is 3.94. The number of para-hydroxylation sites is 2. The van der Waals surface area contributed by atoms with Crippen LogP contribution < -0.4 is 14.5 Å². The summed E-state index contributed by atoms with van der Waals surface area (Å²) in [6.07, 6.45) is 0. The standard InChI is InChI=1S/C21H25N5OS/c1-23-20(18-10-6-7-11-19(18)27-2)22-26(21(23)28)16-24-12-14-25(15-13-24)17-8-4-3-5-9-17/h3-11H,12-16H2,1-2H3/p+1. The molecule has 0 aliphatic carbocycles. The van der Waals surface area contributed by atoms with Gasteiger partial charge in [0, 0.05) is 12.7 Å². The number of hydrogen-bond acceptors (Lipinski definition) is 4. The Labute approximate surface area is 170 Å². The molecule has 0 unspecified atom stereocenters. The monoisotopic (exact) mass is 396 g/mol. The number of quaternary nitrogens is 1. The molecule has 6 nitrogen and oxygen atoms in total. The van der Waals surface area contributed by atoms with E-state index in [0.717, 1.165) is 54.8 Å². The van der Waals surface area contributed by atoms with Crippen molar-refractivity contribution in [2.24, 2.45) is 7.05 Å². The summed E-state index contributed by atoms with van der Waals surface area (Å²) in [5.74, 6) is 1.64. The number of benzene rings is 2. The minimum Gasteiger partial charge on any atom is -0.496 e. The molecule has 3 aromatic rings. The van der Waals surface area contributed by atoms with E-state index in [-0.39, 0.29) is 0 Å². The number of nitrogens with one attached hydrogen (secondary N) is 1. The second kappa shape index (κ2) is 8.16. The van der Waals surface area contributed by atoms with Crippen molar-refractivity contribution < 1.29 is 9.64 Å². The summed E-state index contributed by atoms with van der Waals surface area (Å²) in [4.78, 5) is 3.94. The molecule has 0 amide bonds. The molecule has 1 saturated heterocycles. The van der Waals surface area contributed by atoms with Gasteiger partial charge in [0.25, 0.3) is 0 Å². The molecule has 0 saturated carbocycles. The molecular weight excluding hydrogens is 370 g/mol. The molecule has 0 bridgehead atoms. The molecule has 1 N–H and O–H groups in total. The Bertz CT molecular complexity index is 990. The second-order valence-electron chi connectivity index (χ2n) is 7.10. The summed E-state index contributed by atoms with van der Waals surface area (Å²) in [5.41, 5.74) is 2.26. The van der Waals surface area contributed by atoms with Crippen LogP contribution >= 0.6 is 12.2 Å². The quantitative estimate of drug-likeness (QED) is 0.670. The summed E-state index contributed by atoms with van der Waals surface area (Å²) in [5, 5.41) is 4.82. The van der Waals surface area contributed by atoms with Gasteiger partial charge in [0.2, 0.25) is 4.77 Å². The minimum absolute atomic E-state index is 0.735. The lowest BCUT2D eigenvalue weighted by atomic mass is 10.2. The van der Waals surface area contributed by atoms with Crippen molar-refractivity contribution in [3.05, 3.63) is 59.4 Å². The topological polar surface area (TPSA) is 39.7 Å². The van der Waals surface area contributed by atoms with E-state index in [9.17, 15) is 0 Å². The zero-order valence-electron chi connectivity index (χ0n) is 16.3. The van der Waals surface area contributed by atoms with Crippen LogP contribution in [0.1, 0.15) is 0 Å². The third-order valence-electron chi connectivity index (χ3n) is 5.35. The predicted octanol–water partition coefficient (Wildman–Crippen LogP) is 1.99. The van der Waals surface area contributed by atoms with E-state index in [1.54, 1.807) is 7.11 Å². The highest BCUT2D eigenvalue weighted by molar-refractivity contribution is 7.71. The van der Waals surface area contributed by atoms with Gasteiger partial charge in [0.15, 0.2) is 12.5 Å². The third kappa shape index (κ3) is 3.68. The smallest absolute Gasteiger partial charge is 0.202 e. The molecule has 0 spiro atoms. The molecular formula is C21H26N5OS+. The van der Waals surface area contributed by atoms with Gasteiger partial charge < -0.3 is 19.1 Å². The normalized spacial score (nSPS) is 15.0. The zero-order chi connectivity index (χ0) is 19.5. The average Bonchev–Trinajstić information content (AvgIpc) is 3.03. The highest BCUT2D eigenvalue weighted by Crippen LogP contribution is 2.27. The molecule has 2 aromatic carbocycles. The van der Waals surface area contributed by atoms with E-state index in [0.29, 0.717) is 0 Å². The molecule has 1 fully saturated rings. The largest absolute Gasteiger partial charge is 0.496 e. The lowest BCUT2D eigenvalue weighted by Crippen LogP contribution is -3.14. The summed E-state index contributed by atoms with van der Waals surface area (Å²) in [7, 11) is 3.65. The van der Waals surface area contributed by atoms with Crippen LogP contribution in [0.5, 0.6) is 5.75 Å². The Kier molecular flexibility index (Phi) is 5.45. The average molecular weight is 397 g/mol. The van der Waals surface area contributed by atoms with Crippen LogP contribution in [0.15, 0.2) is 54.6 Å². The fraction of sp³-hybridized carbons (Fsp3) is 0.333. The maximum Gasteiger partial charge on any atom is 0.202 e. The summed E-state index contributed by atoms with van der Waals surface area (Å²) < 4.78 is 10.1. The van der Waals surface area contributed by atoms with Crippen LogP contribution in [0.25, 0.3) is 11.4 Å². The van der Waals surface area contributed by atoms with E-state index >= 15 is 0 Å². The molecule has 146 valence electrons. The molecule has 4 rings (SSSR count). The van der Waals surface area contributed by atoms with Crippen molar-refractivity contribution >= 4 is 17.9 Å². The van der Waals surface area contributed by atoms with Gasteiger partial charge in [-0.15, -0.1) is 5.10 Å². The minimum atomic E-state index is 0.735. The van der Waals surface area contributed by atoms with E-state index in [1.165, 1.54) is 10.6 Å². The van der Waals surface area contributed by atoms with Gasteiger partial charge in [-0.05, 0) is 36.5 Å². The van der Waals surface area contributed by atoms with Crippen LogP contribution in [-0.2, 0) is 13.7 Å². The van der Waals surface area contributed by atoms with Crippen LogP contribution in [-0.4, -0.2) is 47.6 Å². The van der Waals surface area contributed by atoms with Crippen molar-refractivity contribution in [1.82, 2.24) is 14.3 Å². The Morgan fingerprint density at radius 3 is 2.43 bits per heavy atom. The van der Waals surface area contributed by atoms with Gasteiger partial charge in [-0.2, -0.15) is 4.68 Å². The van der Waals surface area contributed by atoms with Gasteiger partial charge in [-0.3, -0.25) is 0 Å². The summed E-state index contributed by atoms with van der Waals surface area (Å²) in [6.45, 7) is 5.00. The Hall–Kier alpha value is -2.64. The fourth-order valence-electron chi connectivity index (χ4n) is 3.74. The van der Waals surface area contributed by atoms with Gasteiger partial charge in [-0.1, -0.05) is 30.3 Å². The van der Waals surface area contributed by atoms with E-state index in [1.807, 2.05) is 40.6 Å². The Morgan fingerprint density at radius 1 is 1.04 bits per heavy atom. The molecule has 0 atom stereocenters. The molecule has 1 aliphatic heterocycles. The van der Waals surface area contributed by atoms with Crippen molar-refractivity contribution in [1.29, 1.82) is 0 Å². The number of ether oxygens (including phenoxy) is 1. The number of anilines is 1. The van der Waals surface area contributed by atoms with Gasteiger partial charge >= 0.3 is 0 Å². The first-order chi connectivity index (χ1) is 13.7. The SMILES string of the molecule is COc1ccccc1-c1nn(C[NH+]2CCN(c3ccccc3)CC2)c(=S)n1C. The van der Waals surface area contributed by atoms with Crippen molar-refractivity contribution in [2.45, 2.75) is 6.67 Å². The summed E-state index contributed by atoms with van der Waals surface area (Å²) in [6, 6.07) is 18.5. The van der Waals surface area contributed by atoms with Crippen LogP contribution in [0.3, 0.4) is 0 Å². The Morgan fingerprint density at radius 2 is 1.71 bits per heavy atom. The zero-order valence-corrected chi connectivity index (χ0v) is 17.2. The number of rotatable bonds is 5. The molecule has 0 radical (unpaired) electrons. The number of hydrogen-bond donors (Lipinski definition) is 1. The van der Waals surface area contributed by atoms with Gasteiger partial charge in [0.05, 0.1) is 38.9 Å². The maximum atomic E-state index is 5.66. The van der Waals surface area contributed by atoms with Crippen molar-refractivity contribution in [3.63, 3.8) is 0 Å². The molecule has 7 heteroatoms. The molecule has 2 heterocycles. The maximum absolute atomic E-state index is 5.66. The molecule has 28 heavy (non-hydrogen) atoms. The first-order valence-electron chi connectivity index (χ1n) is 9.58. The van der Waals surface area contributed by atoms with Crippen molar-refractivity contribution in [3.8, 4) is 17.1 Å². The lowest BCUT2D eigenvalue weighted by molar-refractivity contribution is -0.924. The molecule has 1 aromatic heterocycles. The van der Waals surface area contributed by atoms with E-state index < -0.39 is 0 Å². The highest BCUT2D eigenvalue weighted by Gasteiger charge is 2.22. The first kappa shape index (κ1) is 18.7. The number of aromatic nitrogens is 3. The molecule has 1 aliphatic rings. The predicted molar refractivity (Wildman–Crippen MR) is 113 cm³/mol. The highest BCUT2D eigenvalue weighted by atomic mass is 32.1. The second-order valence-corrected chi connectivity index (χ2v) is 7.46. The van der Waals surface area contributed by atoms with Gasteiger partial charge in [0.1, 0.15) is 5.75 Å². The van der Waals surface area contributed by atoms with Crippen molar-refractivity contribution in [2.75, 3.05) is 38.2 Å². The Balaban J connectivity index is 1.49. The number of methoxy groups -OCH3 is 1. The number of piperazine rings is 1. The van der Waals surface area contributed by atoms with Crippen LogP contribution in [0.2, 0.25) is 0 Å². The van der Waals surface area contributed by atoms with Gasteiger partial charge in [-0.25, -0.2) is 0 Å². The van der Waals surface area contributed by atoms with E-state index in [4.69, 9.17) is 22.1 Å². The third-order valence-corrected chi connectivity index (χ3v) is 5.84. The van der Waals surface area contributed by atoms with Crippen LogP contribution in [0.4, 0.5) is 5.69 Å². The number of nitrogens with zero attached hydrogens (tertiary/aromatic N) is 4. The van der Waals surface area contributed by atoms with Crippen LogP contribution in [0, 0.1) is 4.77 Å².